The molecule has 2 heterocycles. The highest BCUT2D eigenvalue weighted by molar-refractivity contribution is 7.86. The third-order valence-corrected chi connectivity index (χ3v) is 5.36. The monoisotopic (exact) mass is 370 g/mol. The Morgan fingerprint density at radius 3 is 2.70 bits per heavy atom. The van der Waals surface area contributed by atoms with Gasteiger partial charge in [-0.05, 0) is 37.3 Å². The van der Waals surface area contributed by atoms with Crippen LogP contribution in [0, 0.1) is 6.92 Å². The van der Waals surface area contributed by atoms with E-state index in [1.807, 2.05) is 18.2 Å². The zero-order valence-corrected chi connectivity index (χ0v) is 14.4. The molecule has 8 heteroatoms. The van der Waals surface area contributed by atoms with Crippen molar-refractivity contribution in [2.24, 2.45) is 0 Å². The van der Waals surface area contributed by atoms with Crippen molar-refractivity contribution < 1.29 is 12.6 Å². The maximum absolute atomic E-state index is 12.3. The van der Waals surface area contributed by atoms with E-state index in [2.05, 4.69) is 4.98 Å². The number of aryl methyl sites for hydroxylation is 1. The van der Waals surface area contributed by atoms with E-state index in [-0.39, 0.29) is 21.5 Å². The normalized spacial score (nSPS) is 12.0. The van der Waals surface area contributed by atoms with Crippen LogP contribution in [0.3, 0.4) is 0 Å². The van der Waals surface area contributed by atoms with Crippen LogP contribution < -0.4 is 0 Å². The molecule has 0 N–H and O–H groups in total. The van der Waals surface area contributed by atoms with Crippen molar-refractivity contribution in [3.05, 3.63) is 64.0 Å². The van der Waals surface area contributed by atoms with Gasteiger partial charge in [0.05, 0.1) is 26.3 Å². The van der Waals surface area contributed by atoms with Gasteiger partial charge in [-0.25, -0.2) is 4.98 Å². The highest BCUT2D eigenvalue weighted by Crippen LogP contribution is 2.26. The highest BCUT2D eigenvalue weighted by atomic mass is 35.5. The van der Waals surface area contributed by atoms with E-state index >= 15 is 0 Å². The summed E-state index contributed by atoms with van der Waals surface area (Å²) in [4.78, 5) is 4.32. The van der Waals surface area contributed by atoms with Gasteiger partial charge < -0.3 is 4.40 Å². The van der Waals surface area contributed by atoms with Gasteiger partial charge in [-0.15, -0.1) is 0 Å². The highest BCUT2D eigenvalue weighted by Gasteiger charge is 2.19. The summed E-state index contributed by atoms with van der Waals surface area (Å²) < 4.78 is 31.5. The molecule has 3 rings (SSSR count). The average molecular weight is 371 g/mol. The number of nitrogens with zero attached hydrogens (tertiary/aromatic N) is 2. The molecule has 0 radical (unpaired) electrons. The van der Waals surface area contributed by atoms with Crippen LogP contribution in [-0.2, 0) is 20.9 Å². The van der Waals surface area contributed by atoms with Crippen LogP contribution in [0.15, 0.2) is 47.5 Å². The number of fused-ring (bicyclic) bond motifs is 1. The van der Waals surface area contributed by atoms with Gasteiger partial charge in [0.2, 0.25) is 0 Å². The van der Waals surface area contributed by atoms with E-state index in [4.69, 9.17) is 27.4 Å². The standard InChI is InChI=1S/C15H12Cl2N2O3S/c1-10-14(19-7-3-2-4-15(19)18-10)9-22-23(20,21)11-5-6-12(16)13(17)8-11/h2-8H,9H2,1H3. The molecule has 23 heavy (non-hydrogen) atoms. The second kappa shape index (κ2) is 6.13. The van der Waals surface area contributed by atoms with Crippen molar-refractivity contribution in [2.45, 2.75) is 18.4 Å². The van der Waals surface area contributed by atoms with Crippen LogP contribution in [0.25, 0.3) is 5.65 Å². The fourth-order valence-corrected chi connectivity index (χ4v) is 3.43. The van der Waals surface area contributed by atoms with E-state index in [9.17, 15) is 8.42 Å². The largest absolute Gasteiger partial charge is 0.301 e. The number of benzene rings is 1. The second-order valence-corrected chi connectivity index (χ2v) is 7.29. The fourth-order valence-electron chi connectivity index (χ4n) is 2.17. The van der Waals surface area contributed by atoms with Gasteiger partial charge in [0.15, 0.2) is 0 Å². The van der Waals surface area contributed by atoms with E-state index in [1.54, 1.807) is 17.5 Å². The molecule has 0 aliphatic carbocycles. The lowest BCUT2D eigenvalue weighted by atomic mass is 10.3. The molecule has 0 saturated carbocycles. The molecule has 0 unspecified atom stereocenters. The van der Waals surface area contributed by atoms with Crippen molar-refractivity contribution in [2.75, 3.05) is 0 Å². The van der Waals surface area contributed by atoms with E-state index in [1.165, 1.54) is 18.2 Å². The Morgan fingerprint density at radius 2 is 1.96 bits per heavy atom. The Balaban J connectivity index is 1.89. The summed E-state index contributed by atoms with van der Waals surface area (Å²) >= 11 is 11.7. The Kier molecular flexibility index (Phi) is 4.33. The summed E-state index contributed by atoms with van der Waals surface area (Å²) in [6.45, 7) is 1.68. The number of hydrogen-bond donors (Lipinski definition) is 0. The number of rotatable bonds is 4. The predicted octanol–water partition coefficient (Wildman–Crippen LogP) is 3.86. The Hall–Kier alpha value is -1.60. The summed E-state index contributed by atoms with van der Waals surface area (Å²) in [5, 5.41) is 0.436. The van der Waals surface area contributed by atoms with Gasteiger partial charge in [0.1, 0.15) is 12.3 Å². The maximum atomic E-state index is 12.3. The Morgan fingerprint density at radius 1 is 1.17 bits per heavy atom. The smallest absolute Gasteiger partial charge is 0.297 e. The average Bonchev–Trinajstić information content (AvgIpc) is 2.83. The molecule has 0 saturated heterocycles. The molecule has 3 aromatic rings. The van der Waals surface area contributed by atoms with Gasteiger partial charge in [0.25, 0.3) is 10.1 Å². The topological polar surface area (TPSA) is 60.7 Å². The van der Waals surface area contributed by atoms with Gasteiger partial charge in [-0.3, -0.25) is 4.18 Å². The van der Waals surface area contributed by atoms with Crippen LogP contribution in [-0.4, -0.2) is 17.8 Å². The lowest BCUT2D eigenvalue weighted by molar-refractivity contribution is 0.302. The SMILES string of the molecule is Cc1nc2ccccn2c1COS(=O)(=O)c1ccc(Cl)c(Cl)c1. The first kappa shape index (κ1) is 16.3. The number of aromatic nitrogens is 2. The molecule has 0 amide bonds. The molecule has 0 bridgehead atoms. The van der Waals surface area contributed by atoms with Crippen molar-refractivity contribution >= 4 is 39.0 Å². The first-order valence-corrected chi connectivity index (χ1v) is 8.82. The molecule has 0 spiro atoms. The Bertz CT molecular complexity index is 984. The van der Waals surface area contributed by atoms with Gasteiger partial charge in [-0.1, -0.05) is 29.3 Å². The lowest BCUT2D eigenvalue weighted by Gasteiger charge is -2.07. The Labute approximate surface area is 143 Å². The minimum Gasteiger partial charge on any atom is -0.301 e. The van der Waals surface area contributed by atoms with Crippen LogP contribution in [0.5, 0.6) is 0 Å². The zero-order valence-electron chi connectivity index (χ0n) is 12.0. The summed E-state index contributed by atoms with van der Waals surface area (Å²) in [5.41, 5.74) is 2.11. The van der Waals surface area contributed by atoms with E-state index in [0.29, 0.717) is 11.4 Å². The number of halogens is 2. The summed E-state index contributed by atoms with van der Waals surface area (Å²) in [6.07, 6.45) is 1.81. The van der Waals surface area contributed by atoms with Gasteiger partial charge >= 0.3 is 0 Å². The fraction of sp³-hybridized carbons (Fsp3) is 0.133. The molecule has 0 aliphatic rings. The van der Waals surface area contributed by atoms with Crippen LogP contribution >= 0.6 is 23.2 Å². The molecular formula is C15H12Cl2N2O3S. The van der Waals surface area contributed by atoms with Crippen LogP contribution in [0.2, 0.25) is 10.0 Å². The quantitative estimate of drug-likeness (QED) is 0.654. The van der Waals surface area contributed by atoms with E-state index in [0.717, 1.165) is 5.65 Å². The molecule has 0 atom stereocenters. The van der Waals surface area contributed by atoms with Crippen LogP contribution in [0.1, 0.15) is 11.4 Å². The third-order valence-electron chi connectivity index (χ3n) is 3.36. The van der Waals surface area contributed by atoms with Crippen molar-refractivity contribution in [3.63, 3.8) is 0 Å². The van der Waals surface area contributed by atoms with Gasteiger partial charge in [-0.2, -0.15) is 8.42 Å². The molecule has 1 aromatic carbocycles. The molecular weight excluding hydrogens is 359 g/mol. The zero-order chi connectivity index (χ0) is 16.6. The van der Waals surface area contributed by atoms with Crippen molar-refractivity contribution in [3.8, 4) is 0 Å². The maximum Gasteiger partial charge on any atom is 0.297 e. The first-order valence-electron chi connectivity index (χ1n) is 6.65. The molecule has 5 nitrogen and oxygen atoms in total. The molecule has 2 aromatic heterocycles. The predicted molar refractivity (Wildman–Crippen MR) is 88.4 cm³/mol. The minimum atomic E-state index is -3.95. The first-order chi connectivity index (χ1) is 10.9. The third kappa shape index (κ3) is 3.21. The van der Waals surface area contributed by atoms with Crippen molar-refractivity contribution in [1.82, 2.24) is 9.38 Å². The molecule has 0 fully saturated rings. The van der Waals surface area contributed by atoms with Crippen LogP contribution in [0.4, 0.5) is 0 Å². The number of imidazole rings is 1. The summed E-state index contributed by atoms with van der Waals surface area (Å²) in [7, 11) is -3.95. The summed E-state index contributed by atoms with van der Waals surface area (Å²) in [5.74, 6) is 0. The van der Waals surface area contributed by atoms with E-state index < -0.39 is 10.1 Å². The number of pyridine rings is 1. The van der Waals surface area contributed by atoms with Crippen molar-refractivity contribution in [1.29, 1.82) is 0 Å². The number of hydrogen-bond acceptors (Lipinski definition) is 4. The second-order valence-electron chi connectivity index (χ2n) is 4.86. The summed E-state index contributed by atoms with van der Waals surface area (Å²) in [6, 6.07) is 9.57. The lowest BCUT2D eigenvalue weighted by Crippen LogP contribution is -2.08. The molecule has 120 valence electrons. The minimum absolute atomic E-state index is 0.0432. The van der Waals surface area contributed by atoms with Gasteiger partial charge in [0, 0.05) is 6.20 Å². The molecule has 0 aliphatic heterocycles.